The Morgan fingerprint density at radius 3 is 2.76 bits per heavy atom. The van der Waals surface area contributed by atoms with E-state index in [2.05, 4.69) is 29.4 Å². The lowest BCUT2D eigenvalue weighted by molar-refractivity contribution is 0.0352. The normalized spacial score (nSPS) is 18.7. The highest BCUT2D eigenvalue weighted by atomic mass is 32.1. The van der Waals surface area contributed by atoms with Gasteiger partial charge in [0.1, 0.15) is 0 Å². The van der Waals surface area contributed by atoms with E-state index < -0.39 is 0 Å². The molecule has 2 N–H and O–H groups in total. The predicted molar refractivity (Wildman–Crippen MR) is 75.4 cm³/mol. The first-order valence-corrected chi connectivity index (χ1v) is 6.97. The van der Waals surface area contributed by atoms with Gasteiger partial charge in [0.15, 0.2) is 5.11 Å². The van der Waals surface area contributed by atoms with Crippen molar-refractivity contribution >= 4 is 17.3 Å². The number of nitrogens with zero attached hydrogens (tertiary/aromatic N) is 1. The van der Waals surface area contributed by atoms with E-state index in [1.807, 2.05) is 0 Å². The molecule has 0 aromatic heterocycles. The van der Waals surface area contributed by atoms with Crippen LogP contribution in [0.5, 0.6) is 0 Å². The minimum atomic E-state index is 0.384. The zero-order valence-electron chi connectivity index (χ0n) is 11.0. The lowest BCUT2D eigenvalue weighted by atomic mass is 10.3. The average molecular weight is 259 g/mol. The second-order valence-corrected chi connectivity index (χ2v) is 4.98. The molecule has 0 aromatic rings. The summed E-state index contributed by atoms with van der Waals surface area (Å²) in [5.74, 6) is 0. The molecule has 1 atom stereocenters. The zero-order valence-corrected chi connectivity index (χ0v) is 11.8. The standard InChI is InChI=1S/C12H25N3OS/c1-3-4-5-13-12(17)14-11(2)10-15-6-8-16-9-7-15/h11H,3-10H2,1-2H3,(H2,13,14,17). The Bertz CT molecular complexity index is 220. The van der Waals surface area contributed by atoms with Crippen LogP contribution in [-0.2, 0) is 4.74 Å². The Kier molecular flexibility index (Phi) is 7.48. The predicted octanol–water partition coefficient (Wildman–Crippen LogP) is 0.971. The molecule has 1 unspecified atom stereocenters. The van der Waals surface area contributed by atoms with E-state index >= 15 is 0 Å². The first-order chi connectivity index (χ1) is 8.22. The molecule has 5 heteroatoms. The molecule has 0 amide bonds. The van der Waals surface area contributed by atoms with Crippen molar-refractivity contribution in [3.8, 4) is 0 Å². The molecule has 0 radical (unpaired) electrons. The summed E-state index contributed by atoms with van der Waals surface area (Å²) in [7, 11) is 0. The second-order valence-electron chi connectivity index (χ2n) is 4.57. The van der Waals surface area contributed by atoms with Crippen molar-refractivity contribution in [2.45, 2.75) is 32.7 Å². The Balaban J connectivity index is 2.10. The molecule has 0 aliphatic carbocycles. The Morgan fingerprint density at radius 1 is 1.41 bits per heavy atom. The summed E-state index contributed by atoms with van der Waals surface area (Å²) < 4.78 is 5.33. The van der Waals surface area contributed by atoms with Gasteiger partial charge in [-0.3, -0.25) is 4.90 Å². The van der Waals surface area contributed by atoms with Crippen LogP contribution in [0.1, 0.15) is 26.7 Å². The first kappa shape index (κ1) is 14.7. The number of unbranched alkanes of at least 4 members (excludes halogenated alkanes) is 1. The summed E-state index contributed by atoms with van der Waals surface area (Å²) in [4.78, 5) is 2.41. The fraction of sp³-hybridized carbons (Fsp3) is 0.917. The Hall–Kier alpha value is -0.390. The van der Waals surface area contributed by atoms with Gasteiger partial charge in [-0.25, -0.2) is 0 Å². The largest absolute Gasteiger partial charge is 0.379 e. The molecular weight excluding hydrogens is 234 g/mol. The summed E-state index contributed by atoms with van der Waals surface area (Å²) in [5.41, 5.74) is 0. The third kappa shape index (κ3) is 6.81. The number of thiocarbonyl (C=S) groups is 1. The molecule has 0 bridgehead atoms. The summed E-state index contributed by atoms with van der Waals surface area (Å²) in [6.07, 6.45) is 2.36. The van der Waals surface area contributed by atoms with Crippen molar-refractivity contribution in [2.24, 2.45) is 0 Å². The molecule has 0 saturated carbocycles. The SMILES string of the molecule is CCCCNC(=S)NC(C)CN1CCOCC1. The van der Waals surface area contributed by atoms with E-state index in [9.17, 15) is 0 Å². The fourth-order valence-electron chi connectivity index (χ4n) is 1.87. The monoisotopic (exact) mass is 259 g/mol. The molecule has 0 aromatic carbocycles. The lowest BCUT2D eigenvalue weighted by Crippen LogP contribution is -2.48. The van der Waals surface area contributed by atoms with Gasteiger partial charge in [0, 0.05) is 32.2 Å². The average Bonchev–Trinajstić information content (AvgIpc) is 2.30. The summed E-state index contributed by atoms with van der Waals surface area (Å²) in [6, 6.07) is 0.384. The van der Waals surface area contributed by atoms with Crippen LogP contribution in [0.4, 0.5) is 0 Å². The lowest BCUT2D eigenvalue weighted by Gasteiger charge is -2.29. The highest BCUT2D eigenvalue weighted by Gasteiger charge is 2.13. The van der Waals surface area contributed by atoms with E-state index in [1.165, 1.54) is 12.8 Å². The van der Waals surface area contributed by atoms with E-state index in [0.29, 0.717) is 6.04 Å². The van der Waals surface area contributed by atoms with Crippen molar-refractivity contribution in [3.05, 3.63) is 0 Å². The van der Waals surface area contributed by atoms with Crippen molar-refractivity contribution in [1.82, 2.24) is 15.5 Å². The van der Waals surface area contributed by atoms with Gasteiger partial charge in [-0.2, -0.15) is 0 Å². The molecule has 1 saturated heterocycles. The maximum Gasteiger partial charge on any atom is 0.166 e. The third-order valence-electron chi connectivity index (χ3n) is 2.83. The van der Waals surface area contributed by atoms with Gasteiger partial charge in [0.2, 0.25) is 0 Å². The maximum absolute atomic E-state index is 5.33. The van der Waals surface area contributed by atoms with Crippen LogP contribution >= 0.6 is 12.2 Å². The van der Waals surface area contributed by atoms with E-state index in [1.54, 1.807) is 0 Å². The summed E-state index contributed by atoms with van der Waals surface area (Å²) in [5, 5.41) is 7.33. The van der Waals surface area contributed by atoms with Crippen LogP contribution in [0.2, 0.25) is 0 Å². The van der Waals surface area contributed by atoms with Gasteiger partial charge >= 0.3 is 0 Å². The van der Waals surface area contributed by atoms with E-state index in [-0.39, 0.29) is 0 Å². The number of morpholine rings is 1. The molecule has 1 aliphatic rings. The van der Waals surface area contributed by atoms with Gasteiger partial charge in [0.05, 0.1) is 13.2 Å². The number of hydrogen-bond acceptors (Lipinski definition) is 3. The number of nitrogens with one attached hydrogen (secondary N) is 2. The van der Waals surface area contributed by atoms with Crippen LogP contribution in [0.25, 0.3) is 0 Å². The molecule has 4 nitrogen and oxygen atoms in total. The minimum absolute atomic E-state index is 0.384. The van der Waals surface area contributed by atoms with Crippen molar-refractivity contribution in [3.63, 3.8) is 0 Å². The zero-order chi connectivity index (χ0) is 12.5. The molecule has 100 valence electrons. The van der Waals surface area contributed by atoms with Gasteiger partial charge < -0.3 is 15.4 Å². The van der Waals surface area contributed by atoms with Crippen LogP contribution in [-0.4, -0.2) is 55.4 Å². The van der Waals surface area contributed by atoms with Gasteiger partial charge in [-0.1, -0.05) is 13.3 Å². The van der Waals surface area contributed by atoms with Crippen LogP contribution in [0.3, 0.4) is 0 Å². The van der Waals surface area contributed by atoms with Crippen LogP contribution < -0.4 is 10.6 Å². The van der Waals surface area contributed by atoms with E-state index in [0.717, 1.165) is 44.5 Å². The van der Waals surface area contributed by atoms with Crippen molar-refractivity contribution < 1.29 is 4.74 Å². The highest BCUT2D eigenvalue weighted by Crippen LogP contribution is 1.98. The molecule has 0 spiro atoms. The molecule has 17 heavy (non-hydrogen) atoms. The topological polar surface area (TPSA) is 36.5 Å². The smallest absolute Gasteiger partial charge is 0.166 e. The van der Waals surface area contributed by atoms with E-state index in [4.69, 9.17) is 17.0 Å². The molecule has 1 aliphatic heterocycles. The van der Waals surface area contributed by atoms with Gasteiger partial charge in [0.25, 0.3) is 0 Å². The first-order valence-electron chi connectivity index (χ1n) is 6.57. The summed E-state index contributed by atoms with van der Waals surface area (Å²) in [6.45, 7) is 10.1. The summed E-state index contributed by atoms with van der Waals surface area (Å²) >= 11 is 5.25. The van der Waals surface area contributed by atoms with Crippen LogP contribution in [0, 0.1) is 0 Å². The Labute approximate surface area is 110 Å². The molecule has 1 heterocycles. The maximum atomic E-state index is 5.33. The molecule has 1 rings (SSSR count). The van der Waals surface area contributed by atoms with Crippen LogP contribution in [0.15, 0.2) is 0 Å². The Morgan fingerprint density at radius 2 is 2.12 bits per heavy atom. The third-order valence-corrected chi connectivity index (χ3v) is 3.09. The fourth-order valence-corrected chi connectivity index (χ4v) is 2.17. The quantitative estimate of drug-likeness (QED) is 0.549. The molecular formula is C12H25N3OS. The van der Waals surface area contributed by atoms with Crippen molar-refractivity contribution in [2.75, 3.05) is 39.4 Å². The molecule has 1 fully saturated rings. The van der Waals surface area contributed by atoms with Gasteiger partial charge in [-0.05, 0) is 25.6 Å². The van der Waals surface area contributed by atoms with Gasteiger partial charge in [-0.15, -0.1) is 0 Å². The number of ether oxygens (including phenoxy) is 1. The highest BCUT2D eigenvalue weighted by molar-refractivity contribution is 7.80. The second kappa shape index (κ2) is 8.66. The number of rotatable bonds is 6. The van der Waals surface area contributed by atoms with Crippen molar-refractivity contribution in [1.29, 1.82) is 0 Å². The number of hydrogen-bond donors (Lipinski definition) is 2. The minimum Gasteiger partial charge on any atom is -0.379 e.